The van der Waals surface area contributed by atoms with Gasteiger partial charge in [-0.05, 0) is 31.0 Å². The maximum Gasteiger partial charge on any atom is 0.416 e. The molecule has 3 nitrogen and oxygen atoms in total. The standard InChI is InChI=1S/C12H14F3N3/c1-7-10(8(2)17-9(3)18-16)5-4-6-11(7)12(13,14)15/h4-6,8,16-17H,3H2,1-2H3/t8-/m1/s1. The summed E-state index contributed by atoms with van der Waals surface area (Å²) in [7, 11) is 0. The highest BCUT2D eigenvalue weighted by Crippen LogP contribution is 2.34. The monoisotopic (exact) mass is 257 g/mol. The lowest BCUT2D eigenvalue weighted by Crippen LogP contribution is -2.19. The molecule has 0 saturated heterocycles. The van der Waals surface area contributed by atoms with Gasteiger partial charge >= 0.3 is 6.18 Å². The molecule has 0 aliphatic heterocycles. The van der Waals surface area contributed by atoms with Gasteiger partial charge in [0.15, 0.2) is 0 Å². The van der Waals surface area contributed by atoms with E-state index < -0.39 is 17.8 Å². The average Bonchev–Trinajstić information content (AvgIpc) is 2.27. The number of hydrogen-bond acceptors (Lipinski definition) is 3. The van der Waals surface area contributed by atoms with Crippen LogP contribution in [0.2, 0.25) is 0 Å². The third-order valence-corrected chi connectivity index (χ3v) is 2.67. The summed E-state index contributed by atoms with van der Waals surface area (Å²) in [5.41, 5.74) is 6.77. The number of alkyl halides is 3. The van der Waals surface area contributed by atoms with Crippen molar-refractivity contribution in [2.45, 2.75) is 26.1 Å². The number of nitrogens with zero attached hydrogens (tertiary/aromatic N) is 1. The molecule has 18 heavy (non-hydrogen) atoms. The Hall–Kier alpha value is -1.85. The van der Waals surface area contributed by atoms with Crippen LogP contribution in [0.15, 0.2) is 35.7 Å². The second-order valence-electron chi connectivity index (χ2n) is 3.94. The summed E-state index contributed by atoms with van der Waals surface area (Å²) >= 11 is 0. The van der Waals surface area contributed by atoms with Gasteiger partial charge in [0.25, 0.3) is 0 Å². The van der Waals surface area contributed by atoms with E-state index >= 15 is 0 Å². The third-order valence-electron chi connectivity index (χ3n) is 2.67. The van der Waals surface area contributed by atoms with Gasteiger partial charge in [0, 0.05) is 0 Å². The van der Waals surface area contributed by atoms with E-state index in [9.17, 15) is 13.2 Å². The van der Waals surface area contributed by atoms with Crippen molar-refractivity contribution in [1.82, 2.24) is 5.32 Å². The average molecular weight is 257 g/mol. The molecule has 0 fully saturated rings. The first-order valence-electron chi connectivity index (χ1n) is 5.27. The van der Waals surface area contributed by atoms with Crippen molar-refractivity contribution in [1.29, 1.82) is 5.53 Å². The first kappa shape index (κ1) is 14.2. The van der Waals surface area contributed by atoms with Gasteiger partial charge in [0.05, 0.1) is 11.6 Å². The molecule has 0 spiro atoms. The van der Waals surface area contributed by atoms with Crippen LogP contribution in [0.3, 0.4) is 0 Å². The summed E-state index contributed by atoms with van der Waals surface area (Å²) in [5, 5.41) is 5.83. The predicted octanol–water partition coefficient (Wildman–Crippen LogP) is 4.17. The first-order valence-corrected chi connectivity index (χ1v) is 5.27. The fourth-order valence-electron chi connectivity index (χ4n) is 1.79. The molecule has 1 aromatic carbocycles. The van der Waals surface area contributed by atoms with Gasteiger partial charge in [-0.3, -0.25) is 0 Å². The van der Waals surface area contributed by atoms with Crippen molar-refractivity contribution in [3.05, 3.63) is 47.3 Å². The van der Waals surface area contributed by atoms with Gasteiger partial charge < -0.3 is 5.32 Å². The second kappa shape index (κ2) is 5.20. The topological polar surface area (TPSA) is 48.2 Å². The van der Waals surface area contributed by atoms with E-state index in [0.29, 0.717) is 5.56 Å². The van der Waals surface area contributed by atoms with E-state index in [1.807, 2.05) is 0 Å². The van der Waals surface area contributed by atoms with Crippen LogP contribution in [-0.2, 0) is 6.18 Å². The number of hydrogen-bond donors (Lipinski definition) is 2. The van der Waals surface area contributed by atoms with Crippen molar-refractivity contribution < 1.29 is 13.2 Å². The Balaban J connectivity index is 3.11. The van der Waals surface area contributed by atoms with E-state index in [0.717, 1.165) is 6.07 Å². The molecule has 0 aliphatic carbocycles. The van der Waals surface area contributed by atoms with E-state index in [2.05, 4.69) is 17.0 Å². The molecule has 1 aromatic rings. The SMILES string of the molecule is C=C(N=N)N[C@H](C)c1cccc(C(F)(F)F)c1C. The van der Waals surface area contributed by atoms with Crippen LogP contribution in [0.4, 0.5) is 13.2 Å². The van der Waals surface area contributed by atoms with Crippen LogP contribution in [0.25, 0.3) is 0 Å². The molecule has 0 aromatic heterocycles. The molecule has 0 heterocycles. The Morgan fingerprint density at radius 3 is 2.56 bits per heavy atom. The highest BCUT2D eigenvalue weighted by molar-refractivity contribution is 5.38. The molecule has 0 bridgehead atoms. The van der Waals surface area contributed by atoms with Crippen molar-refractivity contribution >= 4 is 0 Å². The minimum Gasteiger partial charge on any atom is -0.363 e. The largest absolute Gasteiger partial charge is 0.416 e. The predicted molar refractivity (Wildman–Crippen MR) is 62.0 cm³/mol. The van der Waals surface area contributed by atoms with Gasteiger partial charge in [-0.1, -0.05) is 18.7 Å². The van der Waals surface area contributed by atoms with Crippen LogP contribution in [0, 0.1) is 12.5 Å². The number of nitrogens with one attached hydrogen (secondary N) is 2. The molecule has 1 atom stereocenters. The fourth-order valence-corrected chi connectivity index (χ4v) is 1.79. The Bertz CT molecular complexity index is 466. The first-order chi connectivity index (χ1) is 8.27. The summed E-state index contributed by atoms with van der Waals surface area (Å²) in [6.45, 7) is 6.57. The maximum absolute atomic E-state index is 12.7. The van der Waals surface area contributed by atoms with Gasteiger partial charge in [0.2, 0.25) is 0 Å². The van der Waals surface area contributed by atoms with E-state index in [1.165, 1.54) is 13.0 Å². The van der Waals surface area contributed by atoms with Crippen LogP contribution in [-0.4, -0.2) is 0 Å². The Morgan fingerprint density at radius 2 is 2.06 bits per heavy atom. The minimum absolute atomic E-state index is 0.110. The lowest BCUT2D eigenvalue weighted by molar-refractivity contribution is -0.138. The van der Waals surface area contributed by atoms with Gasteiger partial charge in [-0.2, -0.15) is 13.2 Å². The summed E-state index contributed by atoms with van der Waals surface area (Å²) in [6.07, 6.45) is -4.36. The highest BCUT2D eigenvalue weighted by atomic mass is 19.4. The highest BCUT2D eigenvalue weighted by Gasteiger charge is 2.33. The molecule has 6 heteroatoms. The minimum atomic E-state index is -4.36. The third kappa shape index (κ3) is 3.09. The maximum atomic E-state index is 12.7. The molecule has 0 saturated carbocycles. The zero-order chi connectivity index (χ0) is 13.9. The Morgan fingerprint density at radius 1 is 1.44 bits per heavy atom. The normalized spacial score (nSPS) is 12.9. The van der Waals surface area contributed by atoms with Crippen LogP contribution < -0.4 is 5.32 Å². The zero-order valence-electron chi connectivity index (χ0n) is 10.1. The lowest BCUT2D eigenvalue weighted by Gasteiger charge is -2.19. The quantitative estimate of drug-likeness (QED) is 0.781. The number of benzene rings is 1. The summed E-state index contributed by atoms with van der Waals surface area (Å²) in [5.74, 6) is 0.110. The van der Waals surface area contributed by atoms with Gasteiger partial charge in [-0.15, -0.1) is 5.11 Å². The zero-order valence-corrected chi connectivity index (χ0v) is 10.1. The molecular formula is C12H14F3N3. The van der Waals surface area contributed by atoms with E-state index in [4.69, 9.17) is 5.53 Å². The smallest absolute Gasteiger partial charge is 0.363 e. The van der Waals surface area contributed by atoms with Crippen LogP contribution in [0.1, 0.15) is 29.7 Å². The molecule has 1 rings (SSSR count). The molecule has 98 valence electrons. The summed E-state index contributed by atoms with van der Waals surface area (Å²) in [6, 6.07) is 3.63. The molecule has 0 unspecified atom stereocenters. The van der Waals surface area contributed by atoms with Crippen LogP contribution >= 0.6 is 0 Å². The Kier molecular flexibility index (Phi) is 4.11. The summed E-state index contributed by atoms with van der Waals surface area (Å²) < 4.78 is 38.2. The molecular weight excluding hydrogens is 243 g/mol. The van der Waals surface area contributed by atoms with E-state index in [-0.39, 0.29) is 11.4 Å². The number of rotatable bonds is 4. The summed E-state index contributed by atoms with van der Waals surface area (Å²) in [4.78, 5) is 0. The molecule has 0 radical (unpaired) electrons. The van der Waals surface area contributed by atoms with Crippen molar-refractivity contribution in [2.24, 2.45) is 5.11 Å². The molecule has 0 amide bonds. The molecule has 2 N–H and O–H groups in total. The lowest BCUT2D eigenvalue weighted by atomic mass is 9.97. The van der Waals surface area contributed by atoms with Crippen LogP contribution in [0.5, 0.6) is 0 Å². The van der Waals surface area contributed by atoms with Crippen molar-refractivity contribution in [3.63, 3.8) is 0 Å². The fraction of sp³-hybridized carbons (Fsp3) is 0.333. The molecule has 0 aliphatic rings. The number of halogens is 3. The van der Waals surface area contributed by atoms with E-state index in [1.54, 1.807) is 13.0 Å². The Labute approximate surface area is 103 Å². The van der Waals surface area contributed by atoms with Gasteiger partial charge in [0.1, 0.15) is 5.82 Å². The van der Waals surface area contributed by atoms with Gasteiger partial charge in [-0.25, -0.2) is 5.53 Å². The second-order valence-corrected chi connectivity index (χ2v) is 3.94. The van der Waals surface area contributed by atoms with Crippen molar-refractivity contribution in [3.8, 4) is 0 Å². The van der Waals surface area contributed by atoms with Crippen molar-refractivity contribution in [2.75, 3.05) is 0 Å².